The molecule has 0 atom stereocenters. The molecule has 0 rings (SSSR count). The Balaban J connectivity index is 3.22. The Morgan fingerprint density at radius 3 is 2.36 bits per heavy atom. The zero-order valence-electron chi connectivity index (χ0n) is 5.74. The van der Waals surface area contributed by atoms with Crippen LogP contribution in [0.3, 0.4) is 0 Å². The van der Waals surface area contributed by atoms with Gasteiger partial charge in [0.15, 0.2) is 5.17 Å². The van der Waals surface area contributed by atoms with E-state index in [1.807, 2.05) is 0 Å². The summed E-state index contributed by atoms with van der Waals surface area (Å²) >= 11 is 0.933. The number of rotatable bonds is 3. The molecule has 0 aliphatic carbocycles. The van der Waals surface area contributed by atoms with Crippen LogP contribution >= 0.6 is 11.8 Å². The Kier molecular flexibility index (Phi) is 4.32. The third-order valence-electron chi connectivity index (χ3n) is 0.862. The molecule has 6 heteroatoms. The van der Waals surface area contributed by atoms with Crippen LogP contribution in [0.2, 0.25) is 0 Å². The average Bonchev–Trinajstić information content (AvgIpc) is 1.78. The molecule has 0 aromatic carbocycles. The first-order valence-corrected chi connectivity index (χ1v) is 3.94. The molecule has 0 fully saturated rings. The number of amidine groups is 1. The van der Waals surface area contributed by atoms with E-state index in [1.165, 1.54) is 0 Å². The van der Waals surface area contributed by atoms with Gasteiger partial charge in [-0.05, 0) is 6.42 Å². The van der Waals surface area contributed by atoms with E-state index in [0.29, 0.717) is 0 Å². The molecule has 0 aromatic rings. The molecule has 0 aliphatic rings. The first-order valence-electron chi connectivity index (χ1n) is 2.95. The quantitative estimate of drug-likeness (QED) is 0.402. The smallest absolute Gasteiger partial charge is 0.379 e. The van der Waals surface area contributed by atoms with E-state index >= 15 is 0 Å². The number of alkyl halides is 3. The van der Waals surface area contributed by atoms with E-state index in [-0.39, 0.29) is 17.3 Å². The molecule has 0 saturated heterocycles. The largest absolute Gasteiger partial charge is 0.389 e. The average molecular weight is 186 g/mol. The van der Waals surface area contributed by atoms with Crippen LogP contribution in [-0.4, -0.2) is 17.1 Å². The topological polar surface area (TPSA) is 49.9 Å². The lowest BCUT2D eigenvalue weighted by molar-refractivity contribution is -0.134. The highest BCUT2D eigenvalue weighted by atomic mass is 32.2. The first kappa shape index (κ1) is 10.6. The molecule has 0 saturated carbocycles. The summed E-state index contributed by atoms with van der Waals surface area (Å²) in [5.74, 6) is 0.259. The normalized spacial score (nSPS) is 11.5. The van der Waals surface area contributed by atoms with E-state index in [4.69, 9.17) is 11.1 Å². The van der Waals surface area contributed by atoms with Gasteiger partial charge >= 0.3 is 6.18 Å². The number of nitrogens with two attached hydrogens (primary N) is 1. The van der Waals surface area contributed by atoms with Gasteiger partial charge in [0.2, 0.25) is 0 Å². The van der Waals surface area contributed by atoms with Crippen molar-refractivity contribution in [1.82, 2.24) is 0 Å². The zero-order valence-corrected chi connectivity index (χ0v) is 6.56. The molecule has 66 valence electrons. The molecule has 0 heterocycles. The predicted molar refractivity (Wildman–Crippen MR) is 39.7 cm³/mol. The van der Waals surface area contributed by atoms with E-state index in [0.717, 1.165) is 11.8 Å². The first-order chi connectivity index (χ1) is 4.92. The SMILES string of the molecule is N=C(N)SCCCC(F)(F)F. The summed E-state index contributed by atoms with van der Waals surface area (Å²) in [4.78, 5) is 0. The Hall–Kier alpha value is -0.390. The lowest BCUT2D eigenvalue weighted by Crippen LogP contribution is -2.09. The van der Waals surface area contributed by atoms with Gasteiger partial charge in [-0.15, -0.1) is 0 Å². The van der Waals surface area contributed by atoms with Gasteiger partial charge in [-0.25, -0.2) is 0 Å². The van der Waals surface area contributed by atoms with Gasteiger partial charge in [0.25, 0.3) is 0 Å². The van der Waals surface area contributed by atoms with Gasteiger partial charge < -0.3 is 5.73 Å². The monoisotopic (exact) mass is 186 g/mol. The highest BCUT2D eigenvalue weighted by Crippen LogP contribution is 2.22. The fraction of sp³-hybridized carbons (Fsp3) is 0.800. The van der Waals surface area contributed by atoms with Crippen LogP contribution < -0.4 is 5.73 Å². The second-order valence-electron chi connectivity index (χ2n) is 1.93. The summed E-state index contributed by atoms with van der Waals surface area (Å²) in [6.07, 6.45) is -4.86. The molecular weight excluding hydrogens is 177 g/mol. The summed E-state index contributed by atoms with van der Waals surface area (Å²) in [5.41, 5.74) is 4.91. The Morgan fingerprint density at radius 2 is 2.00 bits per heavy atom. The molecule has 0 radical (unpaired) electrons. The minimum Gasteiger partial charge on any atom is -0.379 e. The third kappa shape index (κ3) is 9.61. The van der Waals surface area contributed by atoms with Crippen LogP contribution in [0.5, 0.6) is 0 Å². The molecule has 3 N–H and O–H groups in total. The Labute approximate surface area is 66.8 Å². The molecule has 11 heavy (non-hydrogen) atoms. The maximum atomic E-state index is 11.5. The highest BCUT2D eigenvalue weighted by molar-refractivity contribution is 8.13. The lowest BCUT2D eigenvalue weighted by atomic mass is 10.3. The highest BCUT2D eigenvalue weighted by Gasteiger charge is 2.25. The summed E-state index contributed by atoms with van der Waals surface area (Å²) in [6, 6.07) is 0. The van der Waals surface area contributed by atoms with Crippen LogP contribution in [0.25, 0.3) is 0 Å². The molecule has 0 aromatic heterocycles. The van der Waals surface area contributed by atoms with Crippen molar-refractivity contribution >= 4 is 16.9 Å². The second-order valence-corrected chi connectivity index (χ2v) is 3.07. The molecular formula is C5H9F3N2S. The molecule has 2 nitrogen and oxygen atoms in total. The maximum Gasteiger partial charge on any atom is 0.389 e. The fourth-order valence-electron chi connectivity index (χ4n) is 0.455. The molecule has 0 unspecified atom stereocenters. The Morgan fingerprint density at radius 1 is 1.45 bits per heavy atom. The minimum absolute atomic E-state index is 0.0216. The minimum atomic E-state index is -4.09. The van der Waals surface area contributed by atoms with Gasteiger partial charge in [-0.1, -0.05) is 11.8 Å². The van der Waals surface area contributed by atoms with Crippen molar-refractivity contribution in [3.05, 3.63) is 0 Å². The summed E-state index contributed by atoms with van der Waals surface area (Å²) in [5, 5.41) is 6.56. The molecule has 0 bridgehead atoms. The van der Waals surface area contributed by atoms with Crippen molar-refractivity contribution in [1.29, 1.82) is 5.41 Å². The standard InChI is InChI=1S/C5H9F3N2S/c6-5(7,8)2-1-3-11-4(9)10/h1-3H2,(H3,9,10). The van der Waals surface area contributed by atoms with Crippen LogP contribution in [-0.2, 0) is 0 Å². The van der Waals surface area contributed by atoms with Crippen LogP contribution in [0.4, 0.5) is 13.2 Å². The van der Waals surface area contributed by atoms with Crippen LogP contribution in [0, 0.1) is 5.41 Å². The summed E-state index contributed by atoms with van der Waals surface area (Å²) in [7, 11) is 0. The van der Waals surface area contributed by atoms with E-state index in [2.05, 4.69) is 0 Å². The number of halogens is 3. The molecule has 0 spiro atoms. The number of hydrogen-bond donors (Lipinski definition) is 2. The number of nitrogens with one attached hydrogen (secondary N) is 1. The van der Waals surface area contributed by atoms with Gasteiger partial charge in [-0.2, -0.15) is 13.2 Å². The molecule has 0 aliphatic heterocycles. The Bertz CT molecular complexity index is 134. The summed E-state index contributed by atoms with van der Waals surface area (Å²) < 4.78 is 34.5. The van der Waals surface area contributed by atoms with Crippen molar-refractivity contribution in [3.63, 3.8) is 0 Å². The van der Waals surface area contributed by atoms with Crippen LogP contribution in [0.1, 0.15) is 12.8 Å². The van der Waals surface area contributed by atoms with Crippen molar-refractivity contribution in [2.75, 3.05) is 5.75 Å². The van der Waals surface area contributed by atoms with Crippen LogP contribution in [0.15, 0.2) is 0 Å². The van der Waals surface area contributed by atoms with Crippen molar-refractivity contribution in [2.24, 2.45) is 5.73 Å². The fourth-order valence-corrected chi connectivity index (χ4v) is 0.963. The van der Waals surface area contributed by atoms with E-state index in [1.54, 1.807) is 0 Å². The van der Waals surface area contributed by atoms with Crippen molar-refractivity contribution in [2.45, 2.75) is 19.0 Å². The van der Waals surface area contributed by atoms with Crippen molar-refractivity contribution < 1.29 is 13.2 Å². The third-order valence-corrected chi connectivity index (χ3v) is 1.67. The predicted octanol–water partition coefficient (Wildman–Crippen LogP) is 1.96. The second kappa shape index (κ2) is 4.48. The zero-order chi connectivity index (χ0) is 8.91. The number of thioether (sulfide) groups is 1. The van der Waals surface area contributed by atoms with Gasteiger partial charge in [0.05, 0.1) is 0 Å². The molecule has 0 amide bonds. The lowest BCUT2D eigenvalue weighted by Gasteiger charge is -2.04. The summed E-state index contributed by atoms with van der Waals surface area (Å²) in [6.45, 7) is 0. The van der Waals surface area contributed by atoms with E-state index < -0.39 is 12.6 Å². The van der Waals surface area contributed by atoms with Gasteiger partial charge in [0.1, 0.15) is 0 Å². The number of hydrogen-bond acceptors (Lipinski definition) is 2. The maximum absolute atomic E-state index is 11.5. The van der Waals surface area contributed by atoms with E-state index in [9.17, 15) is 13.2 Å². The van der Waals surface area contributed by atoms with Gasteiger partial charge in [0, 0.05) is 12.2 Å². The van der Waals surface area contributed by atoms with Gasteiger partial charge in [-0.3, -0.25) is 5.41 Å². The van der Waals surface area contributed by atoms with Crippen molar-refractivity contribution in [3.8, 4) is 0 Å².